The number of amidine groups is 1. The second-order valence-electron chi connectivity index (χ2n) is 5.20. The van der Waals surface area contributed by atoms with Crippen LogP contribution in [0.4, 0.5) is 11.4 Å². The molecule has 9 heteroatoms. The third-order valence-corrected chi connectivity index (χ3v) is 4.37. The molecule has 1 unspecified atom stereocenters. The third-order valence-electron chi connectivity index (χ3n) is 3.26. The molecular formula is C15H18N4O4S. The summed E-state index contributed by atoms with van der Waals surface area (Å²) in [6.45, 7) is 2.70. The average Bonchev–Trinajstić information content (AvgIpc) is 2.87. The first-order valence-corrected chi connectivity index (χ1v) is 8.44. The lowest BCUT2D eigenvalue weighted by Crippen LogP contribution is -2.28. The van der Waals surface area contributed by atoms with Gasteiger partial charge in [-0.25, -0.2) is 0 Å². The largest absolute Gasteiger partial charge is 0.326 e. The third kappa shape index (κ3) is 5.05. The van der Waals surface area contributed by atoms with Crippen LogP contribution in [0.15, 0.2) is 29.3 Å². The molecule has 24 heavy (non-hydrogen) atoms. The van der Waals surface area contributed by atoms with Crippen LogP contribution in [0.1, 0.15) is 26.2 Å². The maximum absolute atomic E-state index is 12.0. The van der Waals surface area contributed by atoms with Crippen molar-refractivity contribution in [1.82, 2.24) is 5.32 Å². The van der Waals surface area contributed by atoms with Crippen molar-refractivity contribution in [2.75, 3.05) is 11.9 Å². The Balaban J connectivity index is 1.90. The van der Waals surface area contributed by atoms with Gasteiger partial charge in [0, 0.05) is 30.8 Å². The number of carbonyl (C=O) groups is 2. The summed E-state index contributed by atoms with van der Waals surface area (Å²) in [5.41, 5.74) is 0.223. The van der Waals surface area contributed by atoms with E-state index in [1.165, 1.54) is 30.0 Å². The van der Waals surface area contributed by atoms with Gasteiger partial charge in [0.15, 0.2) is 5.17 Å². The normalized spacial score (nSPS) is 18.5. The van der Waals surface area contributed by atoms with Crippen molar-refractivity contribution in [2.24, 2.45) is 4.99 Å². The molecule has 1 fully saturated rings. The summed E-state index contributed by atoms with van der Waals surface area (Å²) >= 11 is 1.24. The number of anilines is 1. The van der Waals surface area contributed by atoms with Gasteiger partial charge in [0.1, 0.15) is 5.25 Å². The van der Waals surface area contributed by atoms with E-state index in [9.17, 15) is 19.7 Å². The quantitative estimate of drug-likeness (QED) is 0.445. The van der Waals surface area contributed by atoms with Crippen LogP contribution in [0, 0.1) is 10.1 Å². The lowest BCUT2D eigenvalue weighted by atomic mass is 10.2. The van der Waals surface area contributed by atoms with E-state index in [1.54, 1.807) is 6.07 Å². The zero-order valence-corrected chi connectivity index (χ0v) is 14.0. The SMILES string of the molecule is CCCCN=C1NC(=O)C(CC(=O)Nc2cccc([N+](=O)[O-])c2)S1. The monoisotopic (exact) mass is 350 g/mol. The number of hydrogen-bond donors (Lipinski definition) is 2. The van der Waals surface area contributed by atoms with E-state index in [-0.39, 0.29) is 23.9 Å². The summed E-state index contributed by atoms with van der Waals surface area (Å²) in [5, 5.41) is 16.0. The first-order valence-electron chi connectivity index (χ1n) is 7.56. The predicted molar refractivity (Wildman–Crippen MR) is 93.1 cm³/mol. The number of benzene rings is 1. The molecule has 0 saturated carbocycles. The number of aliphatic imine (C=N–C) groups is 1. The van der Waals surface area contributed by atoms with Crippen LogP contribution in [-0.2, 0) is 9.59 Å². The van der Waals surface area contributed by atoms with Gasteiger partial charge in [-0.2, -0.15) is 0 Å². The van der Waals surface area contributed by atoms with Crippen LogP contribution in [0.2, 0.25) is 0 Å². The summed E-state index contributed by atoms with van der Waals surface area (Å²) in [6.07, 6.45) is 1.94. The number of thioether (sulfide) groups is 1. The van der Waals surface area contributed by atoms with Crippen LogP contribution in [0.25, 0.3) is 0 Å². The van der Waals surface area contributed by atoms with Crippen molar-refractivity contribution >= 4 is 40.1 Å². The second-order valence-corrected chi connectivity index (χ2v) is 6.39. The van der Waals surface area contributed by atoms with Gasteiger partial charge in [-0.15, -0.1) is 0 Å². The first kappa shape index (κ1) is 17.9. The van der Waals surface area contributed by atoms with Crippen LogP contribution < -0.4 is 10.6 Å². The van der Waals surface area contributed by atoms with Gasteiger partial charge < -0.3 is 10.6 Å². The van der Waals surface area contributed by atoms with Gasteiger partial charge >= 0.3 is 0 Å². The minimum absolute atomic E-state index is 0.0218. The van der Waals surface area contributed by atoms with E-state index in [2.05, 4.69) is 22.5 Å². The highest BCUT2D eigenvalue weighted by molar-refractivity contribution is 8.15. The lowest BCUT2D eigenvalue weighted by Gasteiger charge is -2.07. The fourth-order valence-electron chi connectivity index (χ4n) is 2.03. The van der Waals surface area contributed by atoms with Gasteiger partial charge in [0.05, 0.1) is 4.92 Å². The molecule has 1 saturated heterocycles. The maximum atomic E-state index is 12.0. The van der Waals surface area contributed by atoms with E-state index >= 15 is 0 Å². The number of hydrogen-bond acceptors (Lipinski definition) is 6. The molecule has 8 nitrogen and oxygen atoms in total. The Kier molecular flexibility index (Phi) is 6.30. The molecule has 0 aliphatic carbocycles. The molecule has 2 N–H and O–H groups in total. The van der Waals surface area contributed by atoms with Crippen molar-refractivity contribution in [3.63, 3.8) is 0 Å². The smallest absolute Gasteiger partial charge is 0.271 e. The molecule has 2 amide bonds. The Labute approximate surface area is 143 Å². The Bertz CT molecular complexity index is 677. The zero-order chi connectivity index (χ0) is 17.5. The molecule has 1 heterocycles. The summed E-state index contributed by atoms with van der Waals surface area (Å²) in [5.74, 6) is -0.623. The number of nitrogens with zero attached hydrogens (tertiary/aromatic N) is 2. The molecule has 0 aromatic heterocycles. The fraction of sp³-hybridized carbons (Fsp3) is 0.400. The van der Waals surface area contributed by atoms with Crippen LogP contribution in [-0.4, -0.2) is 33.7 Å². The number of nitrogens with one attached hydrogen (secondary N) is 2. The standard InChI is InChI=1S/C15H18N4O4S/c1-2-3-7-16-15-18-14(21)12(24-15)9-13(20)17-10-5-4-6-11(8-10)19(22)23/h4-6,8,12H,2-3,7,9H2,1H3,(H,17,20)(H,16,18,21). The summed E-state index contributed by atoms with van der Waals surface area (Å²) < 4.78 is 0. The van der Waals surface area contributed by atoms with Crippen LogP contribution >= 0.6 is 11.8 Å². The molecular weight excluding hydrogens is 332 g/mol. The Morgan fingerprint density at radius 2 is 2.29 bits per heavy atom. The summed E-state index contributed by atoms with van der Waals surface area (Å²) in [6, 6.07) is 5.67. The van der Waals surface area contributed by atoms with Crippen molar-refractivity contribution < 1.29 is 14.5 Å². The number of nitro benzene ring substituents is 1. The first-order chi connectivity index (χ1) is 11.5. The molecule has 1 atom stereocenters. The van der Waals surface area contributed by atoms with E-state index in [1.807, 2.05) is 0 Å². The van der Waals surface area contributed by atoms with E-state index in [4.69, 9.17) is 0 Å². The zero-order valence-electron chi connectivity index (χ0n) is 13.2. The number of rotatable bonds is 7. The molecule has 1 aromatic carbocycles. The molecule has 128 valence electrons. The average molecular weight is 350 g/mol. The maximum Gasteiger partial charge on any atom is 0.271 e. The number of carbonyl (C=O) groups excluding carboxylic acids is 2. The molecule has 0 radical (unpaired) electrons. The summed E-state index contributed by atoms with van der Waals surface area (Å²) in [7, 11) is 0. The minimum atomic E-state index is -0.538. The highest BCUT2D eigenvalue weighted by atomic mass is 32.2. The van der Waals surface area contributed by atoms with E-state index in [0.717, 1.165) is 12.8 Å². The van der Waals surface area contributed by atoms with Gasteiger partial charge in [-0.1, -0.05) is 31.2 Å². The van der Waals surface area contributed by atoms with E-state index < -0.39 is 10.2 Å². The van der Waals surface area contributed by atoms with Gasteiger partial charge in [-0.05, 0) is 12.5 Å². The van der Waals surface area contributed by atoms with Gasteiger partial charge in [0.2, 0.25) is 11.8 Å². The van der Waals surface area contributed by atoms with Crippen LogP contribution in [0.3, 0.4) is 0 Å². The second kappa shape index (κ2) is 8.44. The minimum Gasteiger partial charge on any atom is -0.326 e. The van der Waals surface area contributed by atoms with Crippen molar-refractivity contribution in [1.29, 1.82) is 0 Å². The molecule has 2 rings (SSSR count). The number of unbranched alkanes of at least 4 members (excludes halogenated alkanes) is 1. The number of non-ortho nitro benzene ring substituents is 1. The number of nitro groups is 1. The van der Waals surface area contributed by atoms with Crippen molar-refractivity contribution in [3.05, 3.63) is 34.4 Å². The fourth-order valence-corrected chi connectivity index (χ4v) is 3.03. The van der Waals surface area contributed by atoms with E-state index in [0.29, 0.717) is 17.4 Å². The Hall–Kier alpha value is -2.42. The summed E-state index contributed by atoms with van der Waals surface area (Å²) in [4.78, 5) is 38.4. The highest BCUT2D eigenvalue weighted by Crippen LogP contribution is 2.23. The van der Waals surface area contributed by atoms with Crippen LogP contribution in [0.5, 0.6) is 0 Å². The molecule has 0 bridgehead atoms. The van der Waals surface area contributed by atoms with Gasteiger partial charge in [0.25, 0.3) is 5.69 Å². The predicted octanol–water partition coefficient (Wildman–Crippen LogP) is 2.31. The Morgan fingerprint density at radius 1 is 1.50 bits per heavy atom. The molecule has 1 aliphatic rings. The topological polar surface area (TPSA) is 114 Å². The Morgan fingerprint density at radius 3 is 3.00 bits per heavy atom. The molecule has 0 spiro atoms. The lowest BCUT2D eigenvalue weighted by molar-refractivity contribution is -0.384. The molecule has 1 aliphatic heterocycles. The van der Waals surface area contributed by atoms with Gasteiger partial charge in [-0.3, -0.25) is 24.7 Å². The van der Waals surface area contributed by atoms with Crippen molar-refractivity contribution in [3.8, 4) is 0 Å². The molecule has 1 aromatic rings. The number of amides is 2. The van der Waals surface area contributed by atoms with Crippen molar-refractivity contribution in [2.45, 2.75) is 31.4 Å². The highest BCUT2D eigenvalue weighted by Gasteiger charge is 2.31.